The highest BCUT2D eigenvalue weighted by Gasteiger charge is 2.44. The van der Waals surface area contributed by atoms with Crippen LogP contribution in [0.4, 0.5) is 0 Å². The van der Waals surface area contributed by atoms with Crippen molar-refractivity contribution >= 4 is 23.8 Å². The molecule has 0 radical (unpaired) electrons. The predicted octanol–water partition coefficient (Wildman–Crippen LogP) is 1.18. The van der Waals surface area contributed by atoms with E-state index in [1.54, 1.807) is 38.1 Å². The van der Waals surface area contributed by atoms with Gasteiger partial charge in [-0.15, -0.1) is 0 Å². The minimum Gasteiger partial charge on any atom is -0.361 e. The van der Waals surface area contributed by atoms with Gasteiger partial charge in [0.15, 0.2) is 0 Å². The fourth-order valence-electron chi connectivity index (χ4n) is 2.35. The molecule has 6 heteroatoms. The summed E-state index contributed by atoms with van der Waals surface area (Å²) in [5.74, 6) is -1.87. The third-order valence-electron chi connectivity index (χ3n) is 3.21. The summed E-state index contributed by atoms with van der Waals surface area (Å²) in [5, 5.41) is 0. The Morgan fingerprint density at radius 1 is 1.20 bits per heavy atom. The van der Waals surface area contributed by atoms with E-state index in [9.17, 15) is 14.4 Å². The molecular weight excluding hydrogens is 258 g/mol. The molecule has 2 amide bonds. The maximum Gasteiger partial charge on any atom is 0.325 e. The predicted molar refractivity (Wildman–Crippen MR) is 70.3 cm³/mol. The van der Waals surface area contributed by atoms with Gasteiger partial charge in [0.1, 0.15) is 6.04 Å². The molecular formula is C14H13N3O3. The second kappa shape index (κ2) is 5.19. The number of benzene rings is 1. The zero-order chi connectivity index (χ0) is 14.9. The van der Waals surface area contributed by atoms with Gasteiger partial charge < -0.3 is 5.53 Å². The van der Waals surface area contributed by atoms with Crippen LogP contribution in [-0.2, 0) is 4.79 Å². The Morgan fingerprint density at radius 2 is 1.70 bits per heavy atom. The Bertz CT molecular complexity index is 610. The Kier molecular flexibility index (Phi) is 3.59. The van der Waals surface area contributed by atoms with E-state index < -0.39 is 23.6 Å². The molecule has 1 atom stereocenters. The standard InChI is InChI=1S/C14H13N3O3/c1-8(2)12(11(18)7-16-15)17-13(19)9-5-3-4-6-10(9)14(17)20/h3-8,12H,1-2H3/t12-/m0/s1. The van der Waals surface area contributed by atoms with E-state index in [1.807, 2.05) is 0 Å². The monoisotopic (exact) mass is 271 g/mol. The molecule has 0 N–H and O–H groups in total. The molecule has 0 spiro atoms. The van der Waals surface area contributed by atoms with Gasteiger partial charge in [-0.25, -0.2) is 0 Å². The summed E-state index contributed by atoms with van der Waals surface area (Å²) < 4.78 is 0. The van der Waals surface area contributed by atoms with Crippen molar-refractivity contribution in [3.05, 3.63) is 40.9 Å². The Labute approximate surface area is 115 Å². The molecule has 0 aliphatic carbocycles. The van der Waals surface area contributed by atoms with Gasteiger partial charge in [0.2, 0.25) is 0 Å². The highest BCUT2D eigenvalue weighted by atomic mass is 16.2. The minimum absolute atomic E-state index is 0.289. The first-order chi connectivity index (χ1) is 9.49. The highest BCUT2D eigenvalue weighted by molar-refractivity contribution is 6.31. The summed E-state index contributed by atoms with van der Waals surface area (Å²) in [6.07, 6.45) is 0.716. The van der Waals surface area contributed by atoms with Crippen LogP contribution < -0.4 is 0 Å². The SMILES string of the molecule is CC(C)[C@@H](C(=O)C=[N+]=[N-])N1C(=O)c2ccccc2C1=O. The lowest BCUT2D eigenvalue weighted by molar-refractivity contribution is -0.120. The van der Waals surface area contributed by atoms with Crippen LogP contribution in [0.3, 0.4) is 0 Å². The molecule has 6 nitrogen and oxygen atoms in total. The molecule has 0 fully saturated rings. The summed E-state index contributed by atoms with van der Waals surface area (Å²) in [4.78, 5) is 40.2. The first-order valence-corrected chi connectivity index (χ1v) is 6.17. The van der Waals surface area contributed by atoms with Crippen LogP contribution in [-0.4, -0.2) is 39.5 Å². The topological polar surface area (TPSA) is 90.8 Å². The molecule has 1 aromatic rings. The summed E-state index contributed by atoms with van der Waals surface area (Å²) in [5.41, 5.74) is 9.05. The minimum atomic E-state index is -0.974. The Balaban J connectivity index is 2.48. The quantitative estimate of drug-likeness (QED) is 0.356. The number of rotatable bonds is 4. The molecule has 102 valence electrons. The van der Waals surface area contributed by atoms with Crippen LogP contribution in [0.15, 0.2) is 24.3 Å². The van der Waals surface area contributed by atoms with Crippen LogP contribution in [0.5, 0.6) is 0 Å². The van der Waals surface area contributed by atoms with Crippen LogP contribution in [0, 0.1) is 5.92 Å². The van der Waals surface area contributed by atoms with Crippen molar-refractivity contribution in [2.75, 3.05) is 0 Å². The summed E-state index contributed by atoms with van der Waals surface area (Å²) in [7, 11) is 0. The molecule has 1 aromatic carbocycles. The number of carbonyl (C=O) groups is 3. The largest absolute Gasteiger partial charge is 0.361 e. The number of imide groups is 1. The molecule has 0 aromatic heterocycles. The Morgan fingerprint density at radius 3 is 2.10 bits per heavy atom. The van der Waals surface area contributed by atoms with Crippen molar-refractivity contribution in [3.63, 3.8) is 0 Å². The van der Waals surface area contributed by atoms with Crippen molar-refractivity contribution in [2.24, 2.45) is 5.92 Å². The highest BCUT2D eigenvalue weighted by Crippen LogP contribution is 2.27. The molecule has 1 heterocycles. The number of Topliss-reactive ketones (excluding diaryl/α,β-unsaturated/α-hetero) is 1. The second-order valence-electron chi connectivity index (χ2n) is 4.86. The average molecular weight is 271 g/mol. The van der Waals surface area contributed by atoms with Crippen molar-refractivity contribution < 1.29 is 19.2 Å². The van der Waals surface area contributed by atoms with Gasteiger partial charge in [0.05, 0.1) is 11.1 Å². The van der Waals surface area contributed by atoms with E-state index >= 15 is 0 Å². The van der Waals surface area contributed by atoms with Gasteiger partial charge >= 0.3 is 6.21 Å². The molecule has 0 saturated carbocycles. The number of carbonyl (C=O) groups excluding carboxylic acids is 3. The van der Waals surface area contributed by atoms with Gasteiger partial charge in [-0.05, 0) is 18.1 Å². The van der Waals surface area contributed by atoms with Gasteiger partial charge in [-0.3, -0.25) is 19.3 Å². The van der Waals surface area contributed by atoms with Gasteiger partial charge in [0, 0.05) is 0 Å². The molecule has 20 heavy (non-hydrogen) atoms. The van der Waals surface area contributed by atoms with Crippen molar-refractivity contribution in [1.82, 2.24) is 4.90 Å². The number of amides is 2. The third-order valence-corrected chi connectivity index (χ3v) is 3.21. The molecule has 0 bridgehead atoms. The summed E-state index contributed by atoms with van der Waals surface area (Å²) in [6.45, 7) is 3.44. The van der Waals surface area contributed by atoms with Crippen LogP contribution in [0.2, 0.25) is 0 Å². The van der Waals surface area contributed by atoms with Crippen LogP contribution in [0.1, 0.15) is 34.6 Å². The third kappa shape index (κ3) is 2.06. The second-order valence-corrected chi connectivity index (χ2v) is 4.86. The zero-order valence-electron chi connectivity index (χ0n) is 11.1. The van der Waals surface area contributed by atoms with Crippen molar-refractivity contribution in [3.8, 4) is 0 Å². The number of fused-ring (bicyclic) bond motifs is 1. The Hall–Kier alpha value is -2.59. The van der Waals surface area contributed by atoms with Gasteiger partial charge in [-0.1, -0.05) is 26.0 Å². The van der Waals surface area contributed by atoms with Gasteiger partial charge in [0.25, 0.3) is 17.6 Å². The van der Waals surface area contributed by atoms with E-state index in [2.05, 4.69) is 4.79 Å². The van der Waals surface area contributed by atoms with Crippen LogP contribution in [0.25, 0.3) is 5.53 Å². The average Bonchev–Trinajstić information content (AvgIpc) is 2.65. The number of ketones is 1. The van der Waals surface area contributed by atoms with Crippen LogP contribution >= 0.6 is 0 Å². The summed E-state index contributed by atoms with van der Waals surface area (Å²) >= 11 is 0. The van der Waals surface area contributed by atoms with E-state index in [-0.39, 0.29) is 17.0 Å². The number of nitrogens with zero attached hydrogens (tertiary/aromatic N) is 3. The number of hydrogen-bond donors (Lipinski definition) is 0. The lowest BCUT2D eigenvalue weighted by Gasteiger charge is -2.25. The van der Waals surface area contributed by atoms with E-state index in [4.69, 9.17) is 5.53 Å². The van der Waals surface area contributed by atoms with Gasteiger partial charge in [-0.2, -0.15) is 4.79 Å². The lowest BCUT2D eigenvalue weighted by Crippen LogP contribution is -2.48. The maximum atomic E-state index is 12.3. The maximum absolute atomic E-state index is 12.3. The van der Waals surface area contributed by atoms with E-state index in [0.717, 1.165) is 4.90 Å². The number of hydrogen-bond acceptors (Lipinski definition) is 3. The molecule has 0 saturated heterocycles. The fourth-order valence-corrected chi connectivity index (χ4v) is 2.35. The van der Waals surface area contributed by atoms with E-state index in [0.29, 0.717) is 6.21 Å². The zero-order valence-corrected chi connectivity index (χ0v) is 11.1. The first-order valence-electron chi connectivity index (χ1n) is 6.17. The molecule has 0 unspecified atom stereocenters. The van der Waals surface area contributed by atoms with Crippen molar-refractivity contribution in [1.29, 1.82) is 0 Å². The normalized spacial score (nSPS) is 15.1. The smallest absolute Gasteiger partial charge is 0.325 e. The molecule has 2 rings (SSSR count). The lowest BCUT2D eigenvalue weighted by atomic mass is 9.98. The van der Waals surface area contributed by atoms with Crippen molar-refractivity contribution in [2.45, 2.75) is 19.9 Å². The molecule has 1 aliphatic heterocycles. The van der Waals surface area contributed by atoms with E-state index in [1.165, 1.54) is 0 Å². The fraction of sp³-hybridized carbons (Fsp3) is 0.286. The molecule has 1 aliphatic rings. The summed E-state index contributed by atoms with van der Waals surface area (Å²) in [6, 6.07) is 5.46. The first kappa shape index (κ1) is 13.8.